The van der Waals surface area contributed by atoms with Crippen LogP contribution >= 0.6 is 0 Å². The number of carbonyl (C=O) groups excluding carboxylic acids is 1. The van der Waals surface area contributed by atoms with Gasteiger partial charge in [-0.3, -0.25) is 0 Å². The number of rotatable bonds is 4. The van der Waals surface area contributed by atoms with Crippen LogP contribution in [0, 0.1) is 0 Å². The van der Waals surface area contributed by atoms with E-state index in [4.69, 9.17) is 23.0 Å². The number of esters is 1. The van der Waals surface area contributed by atoms with E-state index in [0.29, 0.717) is 19.0 Å². The number of hydrogen-bond donors (Lipinski definition) is 0. The van der Waals surface area contributed by atoms with Gasteiger partial charge in [0.05, 0.1) is 6.26 Å². The lowest BCUT2D eigenvalue weighted by atomic mass is 10.5. The van der Waals surface area contributed by atoms with E-state index in [2.05, 4.69) is 10.2 Å². The predicted octanol–water partition coefficient (Wildman–Crippen LogP) is 1.26. The van der Waals surface area contributed by atoms with Crippen molar-refractivity contribution in [2.45, 2.75) is 6.61 Å². The summed E-state index contributed by atoms with van der Waals surface area (Å²) in [4.78, 5) is 11.6. The van der Waals surface area contributed by atoms with Gasteiger partial charge in [-0.25, -0.2) is 4.79 Å². The number of nitrogens with zero attached hydrogens (tertiary/aromatic N) is 2. The van der Waals surface area contributed by atoms with Crippen molar-refractivity contribution >= 4 is 5.97 Å². The van der Waals surface area contributed by atoms with Crippen LogP contribution in [0.15, 0.2) is 39.3 Å². The molecular formula is C12H10N2O6. The third-order valence-electron chi connectivity index (χ3n) is 2.38. The van der Waals surface area contributed by atoms with Gasteiger partial charge in [0.25, 0.3) is 11.8 Å². The largest absolute Gasteiger partial charge is 0.493 e. The van der Waals surface area contributed by atoms with E-state index in [-0.39, 0.29) is 24.1 Å². The van der Waals surface area contributed by atoms with Gasteiger partial charge in [-0.1, -0.05) is 0 Å². The highest BCUT2D eigenvalue weighted by molar-refractivity contribution is 5.85. The lowest BCUT2D eigenvalue weighted by Crippen LogP contribution is -2.17. The van der Waals surface area contributed by atoms with Crippen LogP contribution in [0.5, 0.6) is 0 Å². The Hall–Kier alpha value is -2.77. The molecular weight excluding hydrogens is 268 g/mol. The van der Waals surface area contributed by atoms with Gasteiger partial charge in [0.1, 0.15) is 19.5 Å². The summed E-state index contributed by atoms with van der Waals surface area (Å²) in [5, 5.41) is 7.52. The lowest BCUT2D eigenvalue weighted by Gasteiger charge is -2.13. The van der Waals surface area contributed by atoms with Crippen molar-refractivity contribution in [2.24, 2.45) is 0 Å². The molecule has 0 aliphatic carbocycles. The Bertz CT molecular complexity index is 616. The molecule has 104 valence electrons. The first-order valence-corrected chi connectivity index (χ1v) is 5.81. The third kappa shape index (κ3) is 2.63. The highest BCUT2D eigenvalue weighted by Gasteiger charge is 2.18. The first-order chi connectivity index (χ1) is 9.83. The first kappa shape index (κ1) is 12.3. The van der Waals surface area contributed by atoms with Crippen molar-refractivity contribution in [1.29, 1.82) is 0 Å². The van der Waals surface area contributed by atoms with Crippen LogP contribution in [0.2, 0.25) is 0 Å². The Labute approximate surface area is 112 Å². The summed E-state index contributed by atoms with van der Waals surface area (Å²) in [7, 11) is 0. The maximum atomic E-state index is 11.6. The molecule has 0 bridgehead atoms. The first-order valence-electron chi connectivity index (χ1n) is 5.81. The van der Waals surface area contributed by atoms with Gasteiger partial charge >= 0.3 is 5.97 Å². The predicted molar refractivity (Wildman–Crippen MR) is 61.8 cm³/mol. The highest BCUT2D eigenvalue weighted by Crippen LogP contribution is 2.18. The molecule has 3 heterocycles. The Morgan fingerprint density at radius 3 is 3.05 bits per heavy atom. The van der Waals surface area contributed by atoms with Crippen LogP contribution < -0.4 is 0 Å². The second-order valence-corrected chi connectivity index (χ2v) is 3.76. The smallest absolute Gasteiger partial charge is 0.377 e. The van der Waals surface area contributed by atoms with Crippen molar-refractivity contribution in [2.75, 3.05) is 13.2 Å². The van der Waals surface area contributed by atoms with Crippen molar-refractivity contribution in [3.05, 3.63) is 36.3 Å². The SMILES string of the molecule is O=C(OCc1nnc(-c2ccco2)o1)C1=COCCO1. The number of aromatic nitrogens is 2. The van der Waals surface area contributed by atoms with E-state index in [9.17, 15) is 4.79 Å². The Morgan fingerprint density at radius 2 is 2.30 bits per heavy atom. The van der Waals surface area contributed by atoms with E-state index >= 15 is 0 Å². The summed E-state index contributed by atoms with van der Waals surface area (Å²) >= 11 is 0. The standard InChI is InChI=1S/C12H10N2O6/c15-12(9-6-16-4-5-18-9)19-7-10-13-14-11(20-10)8-2-1-3-17-8/h1-3,6H,4-5,7H2. The minimum absolute atomic E-state index is 0.0158. The minimum Gasteiger partial charge on any atom is -0.493 e. The van der Waals surface area contributed by atoms with Crippen molar-refractivity contribution in [3.8, 4) is 11.7 Å². The summed E-state index contributed by atoms with van der Waals surface area (Å²) in [6, 6.07) is 3.38. The Kier molecular flexibility index (Phi) is 3.36. The summed E-state index contributed by atoms with van der Waals surface area (Å²) < 4.78 is 25.4. The van der Waals surface area contributed by atoms with Gasteiger partial charge in [-0.2, -0.15) is 0 Å². The maximum Gasteiger partial charge on any atom is 0.377 e. The monoisotopic (exact) mass is 278 g/mol. The van der Waals surface area contributed by atoms with Gasteiger partial charge in [-0.15, -0.1) is 10.2 Å². The quantitative estimate of drug-likeness (QED) is 0.771. The van der Waals surface area contributed by atoms with Crippen molar-refractivity contribution < 1.29 is 27.8 Å². The van der Waals surface area contributed by atoms with E-state index in [0.717, 1.165) is 0 Å². The van der Waals surface area contributed by atoms with Crippen LogP contribution in [0.1, 0.15) is 5.89 Å². The molecule has 2 aromatic rings. The lowest BCUT2D eigenvalue weighted by molar-refractivity contribution is -0.146. The molecule has 0 amide bonds. The summed E-state index contributed by atoms with van der Waals surface area (Å²) in [5.41, 5.74) is 0. The minimum atomic E-state index is -0.651. The fourth-order valence-electron chi connectivity index (χ4n) is 1.49. The molecule has 0 atom stereocenters. The average Bonchev–Trinajstić information content (AvgIpc) is 3.16. The summed E-state index contributed by atoms with van der Waals surface area (Å²) in [5.74, 6) is 0.186. The molecule has 3 rings (SSSR count). The normalized spacial score (nSPS) is 14.1. The maximum absolute atomic E-state index is 11.6. The topological polar surface area (TPSA) is 96.8 Å². The Morgan fingerprint density at radius 1 is 1.35 bits per heavy atom. The number of ether oxygens (including phenoxy) is 3. The van der Waals surface area contributed by atoms with Crippen LogP contribution in [0.4, 0.5) is 0 Å². The summed E-state index contributed by atoms with van der Waals surface area (Å²) in [6.45, 7) is 0.560. The molecule has 0 unspecified atom stereocenters. The van der Waals surface area contributed by atoms with Crippen LogP contribution in [-0.2, 0) is 25.6 Å². The van der Waals surface area contributed by atoms with E-state index in [1.54, 1.807) is 12.1 Å². The molecule has 8 nitrogen and oxygen atoms in total. The molecule has 2 aromatic heterocycles. The van der Waals surface area contributed by atoms with Crippen LogP contribution in [-0.4, -0.2) is 29.4 Å². The molecule has 0 saturated carbocycles. The molecule has 20 heavy (non-hydrogen) atoms. The molecule has 0 radical (unpaired) electrons. The van der Waals surface area contributed by atoms with Gasteiger partial charge < -0.3 is 23.0 Å². The fraction of sp³-hybridized carbons (Fsp3) is 0.250. The number of carbonyl (C=O) groups is 1. The highest BCUT2D eigenvalue weighted by atomic mass is 16.6. The number of hydrogen-bond acceptors (Lipinski definition) is 8. The third-order valence-corrected chi connectivity index (χ3v) is 2.38. The molecule has 0 aromatic carbocycles. The second kappa shape index (κ2) is 5.47. The van der Waals surface area contributed by atoms with Gasteiger partial charge in [0.15, 0.2) is 12.4 Å². The van der Waals surface area contributed by atoms with E-state index in [1.165, 1.54) is 12.5 Å². The molecule has 0 fully saturated rings. The molecule has 0 spiro atoms. The van der Waals surface area contributed by atoms with Crippen LogP contribution in [0.25, 0.3) is 11.7 Å². The number of furan rings is 1. The van der Waals surface area contributed by atoms with Gasteiger partial charge in [0, 0.05) is 0 Å². The zero-order valence-corrected chi connectivity index (χ0v) is 10.3. The summed E-state index contributed by atoms with van der Waals surface area (Å²) in [6.07, 6.45) is 2.71. The molecule has 0 saturated heterocycles. The second-order valence-electron chi connectivity index (χ2n) is 3.76. The molecule has 0 N–H and O–H groups in total. The molecule has 8 heteroatoms. The molecule has 1 aliphatic heterocycles. The van der Waals surface area contributed by atoms with E-state index in [1.807, 2.05) is 0 Å². The van der Waals surface area contributed by atoms with Gasteiger partial charge in [-0.05, 0) is 12.1 Å². The zero-order valence-electron chi connectivity index (χ0n) is 10.3. The average molecular weight is 278 g/mol. The molecule has 1 aliphatic rings. The fourth-order valence-corrected chi connectivity index (χ4v) is 1.49. The van der Waals surface area contributed by atoms with E-state index < -0.39 is 5.97 Å². The van der Waals surface area contributed by atoms with Gasteiger partial charge in [0.2, 0.25) is 5.76 Å². The Balaban J connectivity index is 1.59. The zero-order chi connectivity index (χ0) is 13.8. The van der Waals surface area contributed by atoms with Crippen molar-refractivity contribution in [3.63, 3.8) is 0 Å². The van der Waals surface area contributed by atoms with Crippen LogP contribution in [0.3, 0.4) is 0 Å². The van der Waals surface area contributed by atoms with Crippen molar-refractivity contribution in [1.82, 2.24) is 10.2 Å².